The van der Waals surface area contributed by atoms with Crippen molar-refractivity contribution in [3.63, 3.8) is 0 Å². The van der Waals surface area contributed by atoms with E-state index in [0.717, 1.165) is 43.3 Å². The highest BCUT2D eigenvalue weighted by molar-refractivity contribution is 5.87. The first kappa shape index (κ1) is 20.7. The van der Waals surface area contributed by atoms with Crippen LogP contribution in [0, 0.1) is 0 Å². The van der Waals surface area contributed by atoms with E-state index >= 15 is 0 Å². The number of carbonyl (C=O) groups excluding carboxylic acids is 2. The van der Waals surface area contributed by atoms with E-state index in [9.17, 15) is 9.59 Å². The summed E-state index contributed by atoms with van der Waals surface area (Å²) in [6, 6.07) is 1.92. The first-order valence-corrected chi connectivity index (χ1v) is 9.23. The zero-order valence-corrected chi connectivity index (χ0v) is 16.6. The number of rotatable bonds is 3. The number of aromatic nitrogens is 3. The summed E-state index contributed by atoms with van der Waals surface area (Å²) in [6.07, 6.45) is 7.49. The Morgan fingerprint density at radius 3 is 2.59 bits per heavy atom. The zero-order valence-electron chi connectivity index (χ0n) is 16.6. The fraction of sp³-hybridized carbons (Fsp3) is 0.579. The molecule has 1 aliphatic heterocycles. The van der Waals surface area contributed by atoms with Gasteiger partial charge in [0.15, 0.2) is 0 Å². The van der Waals surface area contributed by atoms with Crippen molar-refractivity contribution in [2.45, 2.75) is 45.6 Å². The van der Waals surface area contributed by atoms with Crippen LogP contribution in [0.4, 0.5) is 10.6 Å². The molecule has 0 saturated carbocycles. The summed E-state index contributed by atoms with van der Waals surface area (Å²) in [5, 5.41) is 3.85. The Morgan fingerprint density at radius 2 is 1.96 bits per heavy atom. The normalized spacial score (nSPS) is 14.3. The molecule has 1 saturated heterocycles. The van der Waals surface area contributed by atoms with E-state index in [-0.39, 0.29) is 18.2 Å². The molecule has 8 nitrogen and oxygen atoms in total. The van der Waals surface area contributed by atoms with E-state index in [1.54, 1.807) is 4.90 Å². The quantitative estimate of drug-likeness (QED) is 0.830. The third kappa shape index (κ3) is 6.23. The summed E-state index contributed by atoms with van der Waals surface area (Å²) < 4.78 is 7.17. The first-order chi connectivity index (χ1) is 12.8. The third-order valence-electron chi connectivity index (χ3n) is 4.02. The number of ether oxygens (including phenoxy) is 1. The minimum atomic E-state index is -0.367. The van der Waals surface area contributed by atoms with Gasteiger partial charge in [-0.2, -0.15) is 0 Å². The van der Waals surface area contributed by atoms with Gasteiger partial charge < -0.3 is 24.3 Å². The van der Waals surface area contributed by atoms with Crippen molar-refractivity contribution in [2.75, 3.05) is 25.0 Å². The van der Waals surface area contributed by atoms with Crippen molar-refractivity contribution in [1.82, 2.24) is 19.4 Å². The molecule has 0 atom stereocenters. The largest absolute Gasteiger partial charge is 0.444 e. The van der Waals surface area contributed by atoms with Gasteiger partial charge in [-0.3, -0.25) is 0 Å². The van der Waals surface area contributed by atoms with Crippen LogP contribution >= 0.6 is 0 Å². The smallest absolute Gasteiger partial charge is 0.410 e. The predicted molar refractivity (Wildman–Crippen MR) is 105 cm³/mol. The summed E-state index contributed by atoms with van der Waals surface area (Å²) in [6.45, 7) is 7.67. The molecule has 1 aliphatic rings. The van der Waals surface area contributed by atoms with Crippen molar-refractivity contribution in [3.8, 4) is 0 Å². The van der Waals surface area contributed by atoms with Gasteiger partial charge in [0.2, 0.25) is 0 Å². The lowest BCUT2D eigenvalue weighted by atomic mass is 10.1. The van der Waals surface area contributed by atoms with Crippen LogP contribution in [0.1, 0.15) is 40.0 Å². The number of hydrogen-bond donors (Lipinski definition) is 1. The first-order valence-electron chi connectivity index (χ1n) is 9.23. The van der Waals surface area contributed by atoms with Gasteiger partial charge in [-0.05, 0) is 46.1 Å². The minimum absolute atomic E-state index is 0.160. The van der Waals surface area contributed by atoms with Crippen molar-refractivity contribution < 1.29 is 14.3 Å². The Hall–Kier alpha value is -2.64. The molecule has 0 bridgehead atoms. The molecule has 0 aliphatic carbocycles. The van der Waals surface area contributed by atoms with Gasteiger partial charge in [0.05, 0.1) is 11.9 Å². The molecule has 27 heavy (non-hydrogen) atoms. The lowest BCUT2D eigenvalue weighted by molar-refractivity contribution is -0.106. The maximum atomic E-state index is 11.5. The third-order valence-corrected chi connectivity index (χ3v) is 4.02. The topological polar surface area (TPSA) is 89.4 Å². The SMILES string of the molecule is CC(C)(C)OC(=O)N1CCCCC1.Cn1ccc2c(NCC=O)ncnc21. The van der Waals surface area contributed by atoms with Gasteiger partial charge in [0.25, 0.3) is 0 Å². The Kier molecular flexibility index (Phi) is 7.15. The summed E-state index contributed by atoms with van der Waals surface area (Å²) in [5.74, 6) is 0.697. The highest BCUT2D eigenvalue weighted by Gasteiger charge is 2.22. The lowest BCUT2D eigenvalue weighted by Gasteiger charge is -2.29. The average molecular weight is 375 g/mol. The molecule has 0 unspecified atom stereocenters. The molecule has 3 rings (SSSR count). The van der Waals surface area contributed by atoms with E-state index in [1.165, 1.54) is 12.7 Å². The van der Waals surface area contributed by atoms with Gasteiger partial charge in [-0.1, -0.05) is 0 Å². The standard InChI is InChI=1S/C10H19NO2.C9H10N4O/c1-10(2,3)13-9(12)11-7-5-4-6-8-11;1-13-4-2-7-8(10-3-5-14)11-6-12-9(7)13/h4-8H2,1-3H3;2,4-6H,3H2,1H3,(H,10,11,12). The molecule has 148 valence electrons. The number of piperidine rings is 1. The van der Waals surface area contributed by atoms with Crippen LogP contribution < -0.4 is 5.32 Å². The highest BCUT2D eigenvalue weighted by atomic mass is 16.6. The van der Waals surface area contributed by atoms with E-state index in [1.807, 2.05) is 44.6 Å². The average Bonchev–Trinajstić information content (AvgIpc) is 3.02. The maximum Gasteiger partial charge on any atom is 0.410 e. The summed E-state index contributed by atoms with van der Waals surface area (Å²) >= 11 is 0. The molecular formula is C19H29N5O3. The van der Waals surface area contributed by atoms with Crippen LogP contribution in [0.3, 0.4) is 0 Å². The second-order valence-corrected chi connectivity index (χ2v) is 7.46. The molecular weight excluding hydrogens is 346 g/mol. The number of nitrogens with one attached hydrogen (secondary N) is 1. The van der Waals surface area contributed by atoms with Gasteiger partial charge in [-0.25, -0.2) is 14.8 Å². The van der Waals surface area contributed by atoms with Crippen molar-refractivity contribution in [1.29, 1.82) is 0 Å². The summed E-state index contributed by atoms with van der Waals surface area (Å²) in [7, 11) is 1.92. The van der Waals surface area contributed by atoms with E-state index < -0.39 is 0 Å². The Balaban J connectivity index is 0.000000194. The Bertz CT molecular complexity index is 760. The molecule has 2 aromatic rings. The van der Waals surface area contributed by atoms with E-state index in [4.69, 9.17) is 4.74 Å². The van der Waals surface area contributed by atoms with Crippen LogP contribution in [0.5, 0.6) is 0 Å². The van der Waals surface area contributed by atoms with Crippen molar-refractivity contribution >= 4 is 29.2 Å². The number of anilines is 1. The van der Waals surface area contributed by atoms with Gasteiger partial charge in [0.1, 0.15) is 29.7 Å². The van der Waals surface area contributed by atoms with E-state index in [2.05, 4.69) is 15.3 Å². The summed E-state index contributed by atoms with van der Waals surface area (Å²) in [5.41, 5.74) is 0.488. The van der Waals surface area contributed by atoms with Gasteiger partial charge >= 0.3 is 6.09 Å². The maximum absolute atomic E-state index is 11.5. The lowest BCUT2D eigenvalue weighted by Crippen LogP contribution is -2.39. The van der Waals surface area contributed by atoms with Crippen LogP contribution in [-0.2, 0) is 16.6 Å². The molecule has 0 radical (unpaired) electrons. The summed E-state index contributed by atoms with van der Waals surface area (Å²) in [4.78, 5) is 31.7. The molecule has 2 aromatic heterocycles. The second kappa shape index (κ2) is 9.34. The molecule has 3 heterocycles. The van der Waals surface area contributed by atoms with E-state index in [0.29, 0.717) is 5.82 Å². The fourth-order valence-electron chi connectivity index (χ4n) is 2.76. The van der Waals surface area contributed by atoms with Crippen molar-refractivity contribution in [2.24, 2.45) is 7.05 Å². The van der Waals surface area contributed by atoms with Crippen molar-refractivity contribution in [3.05, 3.63) is 18.6 Å². The monoisotopic (exact) mass is 375 g/mol. The fourth-order valence-corrected chi connectivity index (χ4v) is 2.76. The van der Waals surface area contributed by atoms with Crippen LogP contribution in [0.25, 0.3) is 11.0 Å². The number of nitrogens with zero attached hydrogens (tertiary/aromatic N) is 4. The highest BCUT2D eigenvalue weighted by Crippen LogP contribution is 2.18. The zero-order chi connectivity index (χ0) is 19.9. The number of fused-ring (bicyclic) bond motifs is 1. The number of carbonyl (C=O) groups is 2. The Morgan fingerprint density at radius 1 is 1.26 bits per heavy atom. The number of hydrogen-bond acceptors (Lipinski definition) is 6. The van der Waals surface area contributed by atoms with Gasteiger partial charge in [-0.15, -0.1) is 0 Å². The van der Waals surface area contributed by atoms with Crippen LogP contribution in [-0.4, -0.2) is 57.0 Å². The number of aldehydes is 1. The Labute approximate surface area is 159 Å². The number of likely N-dealkylation sites (tertiary alicyclic amines) is 1. The molecule has 0 aromatic carbocycles. The number of aryl methyl sites for hydroxylation is 1. The second-order valence-electron chi connectivity index (χ2n) is 7.46. The van der Waals surface area contributed by atoms with Gasteiger partial charge in [0, 0.05) is 26.3 Å². The molecule has 1 N–H and O–H groups in total. The molecule has 1 fully saturated rings. The van der Waals surface area contributed by atoms with Crippen LogP contribution in [0.15, 0.2) is 18.6 Å². The molecule has 8 heteroatoms. The minimum Gasteiger partial charge on any atom is -0.444 e. The predicted octanol–water partition coefficient (Wildman–Crippen LogP) is 2.99. The molecule has 0 spiro atoms. The van der Waals surface area contributed by atoms with Crippen LogP contribution in [0.2, 0.25) is 0 Å². The number of amides is 1. The molecule has 1 amide bonds.